The molecule has 0 aliphatic carbocycles. The van der Waals surface area contributed by atoms with Crippen molar-refractivity contribution in [3.63, 3.8) is 0 Å². The number of carboxylic acids is 1. The first-order valence-corrected chi connectivity index (χ1v) is 4.85. The lowest BCUT2D eigenvalue weighted by Gasteiger charge is -2.19. The summed E-state index contributed by atoms with van der Waals surface area (Å²) in [6.07, 6.45) is 0.971. The predicted molar refractivity (Wildman–Crippen MR) is 57.6 cm³/mol. The van der Waals surface area contributed by atoms with Crippen LogP contribution in [0.2, 0.25) is 0 Å². The van der Waals surface area contributed by atoms with Gasteiger partial charge in [-0.3, -0.25) is 9.59 Å². The third-order valence-corrected chi connectivity index (χ3v) is 1.97. The van der Waals surface area contributed by atoms with E-state index in [9.17, 15) is 9.59 Å². The predicted octanol–water partition coefficient (Wildman–Crippen LogP) is 1.02. The molecule has 0 aromatic heterocycles. The third-order valence-electron chi connectivity index (χ3n) is 1.75. The fourth-order valence-electron chi connectivity index (χ4n) is 0.895. The van der Waals surface area contributed by atoms with E-state index in [2.05, 4.69) is 12.6 Å². The van der Waals surface area contributed by atoms with Crippen molar-refractivity contribution >= 4 is 24.5 Å². The van der Waals surface area contributed by atoms with Crippen LogP contribution >= 0.6 is 12.6 Å². The van der Waals surface area contributed by atoms with E-state index >= 15 is 0 Å². The zero-order valence-corrected chi connectivity index (χ0v) is 9.67. The smallest absolute Gasteiger partial charge is 0.323 e. The van der Waals surface area contributed by atoms with Crippen LogP contribution in [0.5, 0.6) is 0 Å². The molecule has 82 valence electrons. The Morgan fingerprint density at radius 1 is 1.43 bits per heavy atom. The summed E-state index contributed by atoms with van der Waals surface area (Å²) in [4.78, 5) is 22.9. The highest BCUT2D eigenvalue weighted by Crippen LogP contribution is 2.19. The second kappa shape index (κ2) is 5.24. The lowest BCUT2D eigenvalue weighted by atomic mass is 10.1. The Morgan fingerprint density at radius 3 is 2.29 bits per heavy atom. The Kier molecular flexibility index (Phi) is 4.97. The Morgan fingerprint density at radius 2 is 1.93 bits per heavy atom. The SMILES string of the molecule is CN(CC(=O)O)C(=O)CCC(C)(C)S. The average Bonchev–Trinajstić information content (AvgIpc) is 1.97. The van der Waals surface area contributed by atoms with E-state index in [1.54, 1.807) is 0 Å². The zero-order valence-electron chi connectivity index (χ0n) is 8.78. The summed E-state index contributed by atoms with van der Waals surface area (Å²) in [5.41, 5.74) is 0. The van der Waals surface area contributed by atoms with Gasteiger partial charge < -0.3 is 10.0 Å². The van der Waals surface area contributed by atoms with Crippen LogP contribution in [0.25, 0.3) is 0 Å². The second-order valence-electron chi connectivity index (χ2n) is 3.96. The number of carbonyl (C=O) groups excluding carboxylic acids is 1. The highest BCUT2D eigenvalue weighted by Gasteiger charge is 2.17. The minimum Gasteiger partial charge on any atom is -0.480 e. The van der Waals surface area contributed by atoms with E-state index in [0.29, 0.717) is 12.8 Å². The fourth-order valence-corrected chi connectivity index (χ4v) is 1.01. The van der Waals surface area contributed by atoms with Gasteiger partial charge in [0.1, 0.15) is 6.54 Å². The quantitative estimate of drug-likeness (QED) is 0.679. The molecular formula is C9H17NO3S. The molecule has 0 heterocycles. The Labute approximate surface area is 89.7 Å². The lowest BCUT2D eigenvalue weighted by Crippen LogP contribution is -2.32. The molecule has 0 rings (SSSR count). The molecule has 0 fully saturated rings. The first-order chi connectivity index (χ1) is 6.22. The number of nitrogens with zero attached hydrogens (tertiary/aromatic N) is 1. The standard InChI is InChI=1S/C9H17NO3S/c1-9(2,14)5-4-7(11)10(3)6-8(12)13/h14H,4-6H2,1-3H3,(H,12,13). The lowest BCUT2D eigenvalue weighted by molar-refractivity contribution is -0.143. The van der Waals surface area contributed by atoms with Gasteiger partial charge >= 0.3 is 5.97 Å². The van der Waals surface area contributed by atoms with Gasteiger partial charge in [0.2, 0.25) is 5.91 Å². The molecule has 0 radical (unpaired) electrons. The van der Waals surface area contributed by atoms with E-state index in [0.717, 1.165) is 0 Å². The molecule has 0 unspecified atom stereocenters. The fraction of sp³-hybridized carbons (Fsp3) is 0.778. The Hall–Kier alpha value is -0.710. The molecule has 0 aromatic carbocycles. The van der Waals surface area contributed by atoms with Crippen LogP contribution in [-0.4, -0.2) is 40.2 Å². The highest BCUT2D eigenvalue weighted by atomic mass is 32.1. The summed E-state index contributed by atoms with van der Waals surface area (Å²) < 4.78 is -0.195. The van der Waals surface area contributed by atoms with Gasteiger partial charge in [-0.15, -0.1) is 0 Å². The van der Waals surface area contributed by atoms with Crippen LogP contribution in [0.1, 0.15) is 26.7 Å². The molecule has 1 amide bonds. The van der Waals surface area contributed by atoms with E-state index < -0.39 is 5.97 Å². The molecule has 0 aliphatic heterocycles. The summed E-state index contributed by atoms with van der Waals surface area (Å²) in [6.45, 7) is 3.59. The van der Waals surface area contributed by atoms with Gasteiger partial charge in [-0.1, -0.05) is 13.8 Å². The molecule has 0 aliphatic rings. The molecule has 4 nitrogen and oxygen atoms in total. The molecule has 14 heavy (non-hydrogen) atoms. The Bertz CT molecular complexity index is 223. The van der Waals surface area contributed by atoms with E-state index in [4.69, 9.17) is 5.11 Å². The molecule has 0 saturated carbocycles. The summed E-state index contributed by atoms with van der Waals surface area (Å²) in [5.74, 6) is -1.15. The van der Waals surface area contributed by atoms with Crippen LogP contribution in [0.4, 0.5) is 0 Å². The number of aliphatic carboxylic acids is 1. The van der Waals surface area contributed by atoms with Crippen LogP contribution in [0, 0.1) is 0 Å². The number of carbonyl (C=O) groups is 2. The summed E-state index contributed by atoms with van der Waals surface area (Å²) >= 11 is 4.28. The van der Waals surface area contributed by atoms with Crippen molar-refractivity contribution in [2.45, 2.75) is 31.4 Å². The molecule has 0 saturated heterocycles. The maximum absolute atomic E-state index is 11.4. The monoisotopic (exact) mass is 219 g/mol. The topological polar surface area (TPSA) is 57.6 Å². The largest absolute Gasteiger partial charge is 0.480 e. The van der Waals surface area contributed by atoms with E-state index in [1.807, 2.05) is 13.8 Å². The average molecular weight is 219 g/mol. The van der Waals surface area contributed by atoms with Crippen molar-refractivity contribution in [3.8, 4) is 0 Å². The minimum atomic E-state index is -0.994. The normalized spacial score (nSPS) is 11.1. The number of carboxylic acid groups (broad SMARTS) is 1. The number of hydrogen-bond acceptors (Lipinski definition) is 3. The van der Waals surface area contributed by atoms with Crippen LogP contribution in [-0.2, 0) is 9.59 Å². The van der Waals surface area contributed by atoms with Crippen molar-refractivity contribution in [2.75, 3.05) is 13.6 Å². The van der Waals surface area contributed by atoms with Crippen LogP contribution in [0.3, 0.4) is 0 Å². The first kappa shape index (κ1) is 13.3. The minimum absolute atomic E-state index is 0.158. The van der Waals surface area contributed by atoms with Crippen LogP contribution in [0.15, 0.2) is 0 Å². The summed E-state index contributed by atoms with van der Waals surface area (Å²) in [5, 5.41) is 8.45. The summed E-state index contributed by atoms with van der Waals surface area (Å²) in [7, 11) is 1.49. The maximum Gasteiger partial charge on any atom is 0.323 e. The van der Waals surface area contributed by atoms with Crippen molar-refractivity contribution in [2.24, 2.45) is 0 Å². The number of amides is 1. The highest BCUT2D eigenvalue weighted by molar-refractivity contribution is 7.81. The van der Waals surface area contributed by atoms with E-state index in [-0.39, 0.29) is 17.2 Å². The van der Waals surface area contributed by atoms with Gasteiger partial charge in [0.25, 0.3) is 0 Å². The van der Waals surface area contributed by atoms with Gasteiger partial charge in [0.05, 0.1) is 0 Å². The summed E-state index contributed by atoms with van der Waals surface area (Å²) in [6, 6.07) is 0. The van der Waals surface area contributed by atoms with Crippen molar-refractivity contribution in [1.29, 1.82) is 0 Å². The zero-order chi connectivity index (χ0) is 11.4. The van der Waals surface area contributed by atoms with Crippen LogP contribution < -0.4 is 0 Å². The third kappa shape index (κ3) is 6.77. The molecular weight excluding hydrogens is 202 g/mol. The molecule has 0 spiro atoms. The maximum atomic E-state index is 11.4. The molecule has 0 aromatic rings. The van der Waals surface area contributed by atoms with Crippen molar-refractivity contribution in [1.82, 2.24) is 4.90 Å². The molecule has 0 bridgehead atoms. The molecule has 5 heteroatoms. The van der Waals surface area contributed by atoms with Crippen molar-refractivity contribution in [3.05, 3.63) is 0 Å². The number of thiol groups is 1. The second-order valence-corrected chi connectivity index (χ2v) is 5.17. The molecule has 0 atom stereocenters. The number of hydrogen-bond donors (Lipinski definition) is 2. The number of rotatable bonds is 5. The van der Waals surface area contributed by atoms with Gasteiger partial charge in [-0.2, -0.15) is 12.6 Å². The van der Waals surface area contributed by atoms with Crippen molar-refractivity contribution < 1.29 is 14.7 Å². The van der Waals surface area contributed by atoms with Gasteiger partial charge in [-0.05, 0) is 6.42 Å². The Balaban J connectivity index is 3.91. The van der Waals surface area contributed by atoms with E-state index in [1.165, 1.54) is 11.9 Å². The van der Waals surface area contributed by atoms with Gasteiger partial charge in [-0.25, -0.2) is 0 Å². The first-order valence-electron chi connectivity index (χ1n) is 4.40. The van der Waals surface area contributed by atoms with Gasteiger partial charge in [0.15, 0.2) is 0 Å². The number of likely N-dealkylation sites (N-methyl/N-ethyl adjacent to an activating group) is 1. The molecule has 1 N–H and O–H groups in total. The van der Waals surface area contributed by atoms with Gasteiger partial charge in [0, 0.05) is 18.2 Å².